The van der Waals surface area contributed by atoms with Gasteiger partial charge in [0.1, 0.15) is 11.6 Å². The molecule has 118 valence electrons. The van der Waals surface area contributed by atoms with Gasteiger partial charge in [-0.05, 0) is 36.6 Å². The van der Waals surface area contributed by atoms with E-state index in [0.29, 0.717) is 24.7 Å². The maximum absolute atomic E-state index is 12.7. The first-order valence-corrected chi connectivity index (χ1v) is 8.77. The molecule has 1 saturated heterocycles. The quantitative estimate of drug-likeness (QED) is 0.813. The van der Waals surface area contributed by atoms with Gasteiger partial charge < -0.3 is 10.6 Å². The fraction of sp³-hybridized carbons (Fsp3) is 0.385. The van der Waals surface area contributed by atoms with Crippen LogP contribution in [0.2, 0.25) is 0 Å². The fourth-order valence-electron chi connectivity index (χ4n) is 2.41. The second kappa shape index (κ2) is 6.23. The van der Waals surface area contributed by atoms with Crippen LogP contribution < -0.4 is 10.6 Å². The molecule has 0 spiro atoms. The largest absolute Gasteiger partial charge is 0.325 e. The van der Waals surface area contributed by atoms with Crippen molar-refractivity contribution in [3.05, 3.63) is 24.3 Å². The van der Waals surface area contributed by atoms with E-state index in [9.17, 15) is 8.42 Å². The van der Waals surface area contributed by atoms with Crippen LogP contribution in [0.25, 0.3) is 0 Å². The highest BCUT2D eigenvalue weighted by Crippen LogP contribution is 2.27. The van der Waals surface area contributed by atoms with Crippen molar-refractivity contribution in [3.8, 4) is 0 Å². The number of sulfonamides is 1. The number of para-hydroxylation sites is 1. The summed E-state index contributed by atoms with van der Waals surface area (Å²) in [6.07, 6.45) is 1.80. The molecule has 0 amide bonds. The van der Waals surface area contributed by atoms with Gasteiger partial charge in [0, 0.05) is 13.1 Å². The molecule has 1 aromatic carbocycles. The average Bonchev–Trinajstić information content (AvgIpc) is 3.03. The van der Waals surface area contributed by atoms with Crippen molar-refractivity contribution in [2.75, 3.05) is 25.1 Å². The molecule has 9 heteroatoms. The van der Waals surface area contributed by atoms with E-state index in [-0.39, 0.29) is 16.9 Å². The lowest BCUT2D eigenvalue weighted by Gasteiger charge is -2.20. The van der Waals surface area contributed by atoms with E-state index in [1.54, 1.807) is 24.3 Å². The standard InChI is InChI=1S/C13H16ClN5O2S/c14-12-15-9-16-13(18-12)17-10-5-1-2-6-11(10)22(20,21)19-7-3-4-8-19/h1-2,5-6H,3-4,7-9H2,(H2,15,16,17,18). The van der Waals surface area contributed by atoms with Crippen LogP contribution >= 0.6 is 11.6 Å². The predicted octanol–water partition coefficient (Wildman–Crippen LogP) is 1.39. The Balaban J connectivity index is 1.88. The summed E-state index contributed by atoms with van der Waals surface area (Å²) in [6.45, 7) is 1.33. The van der Waals surface area contributed by atoms with Crippen LogP contribution in [0.5, 0.6) is 0 Å². The molecule has 7 nitrogen and oxygen atoms in total. The highest BCUT2D eigenvalue weighted by molar-refractivity contribution is 7.89. The van der Waals surface area contributed by atoms with Crippen molar-refractivity contribution < 1.29 is 8.42 Å². The summed E-state index contributed by atoms with van der Waals surface area (Å²) >= 11 is 5.80. The zero-order chi connectivity index (χ0) is 15.6. The molecule has 3 rings (SSSR count). The molecule has 1 aromatic rings. The lowest BCUT2D eigenvalue weighted by Crippen LogP contribution is -2.37. The fourth-order valence-corrected chi connectivity index (χ4v) is 4.21. The van der Waals surface area contributed by atoms with Gasteiger partial charge in [-0.2, -0.15) is 4.31 Å². The van der Waals surface area contributed by atoms with E-state index in [2.05, 4.69) is 20.6 Å². The zero-order valence-electron chi connectivity index (χ0n) is 11.8. The number of nitrogens with zero attached hydrogens (tertiary/aromatic N) is 3. The summed E-state index contributed by atoms with van der Waals surface area (Å²) in [5.74, 6) is 0.379. The molecule has 22 heavy (non-hydrogen) atoms. The van der Waals surface area contributed by atoms with Crippen LogP contribution in [0, 0.1) is 0 Å². The Labute approximate surface area is 134 Å². The van der Waals surface area contributed by atoms with Crippen LogP contribution in [0.1, 0.15) is 12.8 Å². The van der Waals surface area contributed by atoms with E-state index < -0.39 is 10.0 Å². The number of rotatable bonds is 3. The number of anilines is 1. The zero-order valence-corrected chi connectivity index (χ0v) is 13.4. The van der Waals surface area contributed by atoms with Gasteiger partial charge in [0.2, 0.25) is 16.0 Å². The van der Waals surface area contributed by atoms with E-state index in [1.807, 2.05) is 0 Å². The summed E-state index contributed by atoms with van der Waals surface area (Å²) in [5, 5.41) is 5.96. The van der Waals surface area contributed by atoms with Gasteiger partial charge in [0.15, 0.2) is 5.29 Å². The van der Waals surface area contributed by atoms with Crippen LogP contribution in [-0.4, -0.2) is 43.7 Å². The summed E-state index contributed by atoms with van der Waals surface area (Å²) in [6, 6.07) is 6.77. The minimum atomic E-state index is -3.51. The Morgan fingerprint density at radius 1 is 1.18 bits per heavy atom. The molecule has 2 aliphatic rings. The Morgan fingerprint density at radius 3 is 2.64 bits per heavy atom. The number of nitrogens with one attached hydrogen (secondary N) is 2. The van der Waals surface area contributed by atoms with Crippen molar-refractivity contribution in [1.82, 2.24) is 9.62 Å². The summed E-state index contributed by atoms with van der Waals surface area (Å²) in [7, 11) is -3.51. The summed E-state index contributed by atoms with van der Waals surface area (Å²) in [4.78, 5) is 8.22. The summed E-state index contributed by atoms with van der Waals surface area (Å²) in [5.41, 5.74) is 0.465. The van der Waals surface area contributed by atoms with E-state index in [1.165, 1.54) is 4.31 Å². The van der Waals surface area contributed by atoms with Gasteiger partial charge >= 0.3 is 0 Å². The minimum Gasteiger partial charge on any atom is -0.325 e. The first-order valence-electron chi connectivity index (χ1n) is 6.95. The van der Waals surface area contributed by atoms with Crippen LogP contribution in [0.15, 0.2) is 39.1 Å². The van der Waals surface area contributed by atoms with Crippen LogP contribution in [0.3, 0.4) is 0 Å². The van der Waals surface area contributed by atoms with Crippen molar-refractivity contribution in [1.29, 1.82) is 0 Å². The van der Waals surface area contributed by atoms with Crippen molar-refractivity contribution in [2.45, 2.75) is 17.7 Å². The molecule has 0 aromatic heterocycles. The minimum absolute atomic E-state index is 0.204. The molecule has 2 heterocycles. The number of hydrogen-bond acceptors (Lipinski definition) is 6. The van der Waals surface area contributed by atoms with Gasteiger partial charge in [-0.25, -0.2) is 18.4 Å². The molecule has 0 saturated carbocycles. The lowest BCUT2D eigenvalue weighted by atomic mass is 10.3. The predicted molar refractivity (Wildman–Crippen MR) is 86.8 cm³/mol. The highest BCUT2D eigenvalue weighted by atomic mass is 35.5. The van der Waals surface area contributed by atoms with Gasteiger partial charge in [0.05, 0.1) is 5.69 Å². The normalized spacial score (nSPS) is 19.3. The van der Waals surface area contributed by atoms with Crippen molar-refractivity contribution >= 4 is 38.6 Å². The number of amidine groups is 1. The second-order valence-corrected chi connectivity index (χ2v) is 7.22. The number of guanidine groups is 1. The Morgan fingerprint density at radius 2 is 1.91 bits per heavy atom. The van der Waals surface area contributed by atoms with E-state index in [0.717, 1.165) is 12.8 Å². The van der Waals surface area contributed by atoms with Crippen LogP contribution in [0.4, 0.5) is 5.69 Å². The highest BCUT2D eigenvalue weighted by Gasteiger charge is 2.29. The molecule has 0 aliphatic carbocycles. The second-order valence-electron chi connectivity index (χ2n) is 4.95. The first-order chi connectivity index (χ1) is 10.6. The van der Waals surface area contributed by atoms with E-state index in [4.69, 9.17) is 11.6 Å². The Kier molecular flexibility index (Phi) is 4.32. The summed E-state index contributed by atoms with van der Waals surface area (Å²) < 4.78 is 27.0. The van der Waals surface area contributed by atoms with Gasteiger partial charge in [-0.1, -0.05) is 12.1 Å². The van der Waals surface area contributed by atoms with Gasteiger partial charge in [-0.15, -0.1) is 0 Å². The lowest BCUT2D eigenvalue weighted by molar-refractivity contribution is 0.478. The number of hydrogen-bond donors (Lipinski definition) is 2. The number of aliphatic imine (C=N–C) groups is 2. The Hall–Kier alpha value is -1.64. The third-order valence-corrected chi connectivity index (χ3v) is 5.65. The van der Waals surface area contributed by atoms with E-state index >= 15 is 0 Å². The molecule has 1 fully saturated rings. The maximum Gasteiger partial charge on any atom is 0.245 e. The van der Waals surface area contributed by atoms with Crippen LogP contribution in [-0.2, 0) is 10.0 Å². The number of halogens is 1. The Bertz CT molecular complexity index is 726. The maximum atomic E-state index is 12.7. The van der Waals surface area contributed by atoms with Gasteiger partial charge in [0.25, 0.3) is 0 Å². The smallest absolute Gasteiger partial charge is 0.245 e. The third-order valence-electron chi connectivity index (χ3n) is 3.48. The van der Waals surface area contributed by atoms with Crippen molar-refractivity contribution in [2.24, 2.45) is 9.98 Å². The topological polar surface area (TPSA) is 86.2 Å². The van der Waals surface area contributed by atoms with Gasteiger partial charge in [-0.3, -0.25) is 0 Å². The third kappa shape index (κ3) is 3.08. The molecule has 0 bridgehead atoms. The SMILES string of the molecule is O=S(=O)(c1ccccc1NC1=NCN=C(Cl)N1)N1CCCC1. The monoisotopic (exact) mass is 341 g/mol. The molecule has 0 radical (unpaired) electrons. The average molecular weight is 342 g/mol. The van der Waals surface area contributed by atoms with Crippen molar-refractivity contribution in [3.63, 3.8) is 0 Å². The molecule has 0 atom stereocenters. The molecular formula is C13H16ClN5O2S. The molecule has 2 aliphatic heterocycles. The first kappa shape index (κ1) is 15.3. The molecular weight excluding hydrogens is 326 g/mol. The molecule has 0 unspecified atom stereocenters. The molecule has 2 N–H and O–H groups in total. The number of benzene rings is 1.